The van der Waals surface area contributed by atoms with E-state index in [1.165, 1.54) is 0 Å². The summed E-state index contributed by atoms with van der Waals surface area (Å²) < 4.78 is 56.1. The Morgan fingerprint density at radius 2 is 1.64 bits per heavy atom. The number of halogens is 6. The van der Waals surface area contributed by atoms with Gasteiger partial charge in [0, 0.05) is 0 Å². The van der Waals surface area contributed by atoms with E-state index in [1.807, 2.05) is 0 Å². The van der Waals surface area contributed by atoms with Crippen LogP contribution in [-0.2, 0) is 15.5 Å². The first kappa shape index (κ1) is 11.8. The molecule has 0 aliphatic rings. The van der Waals surface area contributed by atoms with Crippen molar-refractivity contribution in [1.29, 1.82) is 0 Å². The van der Waals surface area contributed by atoms with Crippen LogP contribution in [0, 0.1) is 0 Å². The van der Waals surface area contributed by atoms with Crippen LogP contribution in [0.4, 0.5) is 17.7 Å². The number of alkyl halides is 5. The summed E-state index contributed by atoms with van der Waals surface area (Å²) in [5.74, 6) is 0. The fraction of sp³-hybridized carbons (Fsp3) is 1.00. The first-order valence-electron chi connectivity index (χ1n) is 1.89. The highest BCUT2D eigenvalue weighted by atomic mass is 79.9. The van der Waals surface area contributed by atoms with Crippen molar-refractivity contribution >= 4 is 42.9 Å². The molecule has 9 heteroatoms. The Morgan fingerprint density at radius 1 is 1.27 bits per heavy atom. The Bertz CT molecular complexity index is 168. The lowest BCUT2D eigenvalue weighted by atomic mass is 10.8. The summed E-state index contributed by atoms with van der Waals surface area (Å²) in [6.07, 6.45) is 0. The molecule has 0 amide bonds. The van der Waals surface area contributed by atoms with Gasteiger partial charge >= 0.3 is 8.74 Å². The normalized spacial score (nSPS) is 20.9. The molecule has 0 spiro atoms. The van der Waals surface area contributed by atoms with Crippen LogP contribution in [0.3, 0.4) is 0 Å². The van der Waals surface area contributed by atoms with Gasteiger partial charge in [0.15, 0.2) is 0 Å². The fourth-order valence-corrected chi connectivity index (χ4v) is 0.949. The molecule has 0 rings (SSSR count). The third kappa shape index (κ3) is 2.63. The zero-order valence-electron chi connectivity index (χ0n) is 4.49. The zero-order chi connectivity index (χ0) is 9.28. The summed E-state index contributed by atoms with van der Waals surface area (Å²) in [5.41, 5.74) is 0. The molecule has 0 aromatic heterocycles. The maximum atomic E-state index is 12.4. The molecule has 0 aliphatic heterocycles. The molecular weight excluding hydrogens is 324 g/mol. The molecule has 0 N–H and O–H groups in total. The minimum atomic E-state index is -4.18. The molecule has 11 heavy (non-hydrogen) atoms. The minimum absolute atomic E-state index is 1.55. The third-order valence-electron chi connectivity index (χ3n) is 0.597. The maximum absolute atomic E-state index is 12.4. The van der Waals surface area contributed by atoms with E-state index >= 15 is 0 Å². The molecule has 2 atom stereocenters. The van der Waals surface area contributed by atoms with Crippen LogP contribution < -0.4 is 0 Å². The highest BCUT2D eigenvalue weighted by molar-refractivity contribution is 9.13. The van der Waals surface area contributed by atoms with Crippen molar-refractivity contribution in [3.8, 4) is 0 Å². The standard InChI is InChI=1S/C2Br2F4O2S/c3-1(5,6)2(4,7)11(9)10-8. The molecule has 0 heterocycles. The van der Waals surface area contributed by atoms with Gasteiger partial charge in [-0.2, -0.15) is 8.78 Å². The summed E-state index contributed by atoms with van der Waals surface area (Å²) >= 11 is -0.174. The lowest BCUT2D eigenvalue weighted by molar-refractivity contribution is -0.0108. The molecule has 0 fully saturated rings. The summed E-state index contributed by atoms with van der Waals surface area (Å²) in [4.78, 5) is -4.18. The Balaban J connectivity index is 4.59. The molecular formula is C2Br2F4O2S. The predicted molar refractivity (Wildman–Crippen MR) is 37.0 cm³/mol. The van der Waals surface area contributed by atoms with Crippen LogP contribution in [0.2, 0.25) is 0 Å². The highest BCUT2D eigenvalue weighted by Crippen LogP contribution is 2.45. The maximum Gasteiger partial charge on any atom is 0.359 e. The van der Waals surface area contributed by atoms with Crippen LogP contribution in [0.5, 0.6) is 0 Å². The van der Waals surface area contributed by atoms with Crippen molar-refractivity contribution in [2.24, 2.45) is 0 Å². The van der Waals surface area contributed by atoms with Gasteiger partial charge in [-0.3, -0.25) is 0 Å². The van der Waals surface area contributed by atoms with E-state index in [1.54, 1.807) is 31.9 Å². The van der Waals surface area contributed by atoms with E-state index in [4.69, 9.17) is 0 Å². The van der Waals surface area contributed by atoms with Gasteiger partial charge in [0.05, 0.1) is 0 Å². The van der Waals surface area contributed by atoms with Crippen LogP contribution in [-0.4, -0.2) is 13.0 Å². The summed E-state index contributed by atoms with van der Waals surface area (Å²) in [6, 6.07) is 0. The van der Waals surface area contributed by atoms with Gasteiger partial charge in [-0.05, 0) is 36.4 Å². The molecule has 0 aromatic carbocycles. The molecule has 2 nitrogen and oxygen atoms in total. The average molecular weight is 324 g/mol. The van der Waals surface area contributed by atoms with Crippen LogP contribution >= 0.6 is 31.9 Å². The number of rotatable bonds is 3. The van der Waals surface area contributed by atoms with E-state index in [0.29, 0.717) is 0 Å². The lowest BCUT2D eigenvalue weighted by Gasteiger charge is -2.18. The Morgan fingerprint density at radius 3 is 1.73 bits per heavy atom. The molecule has 0 aromatic rings. The largest absolute Gasteiger partial charge is 0.359 e. The monoisotopic (exact) mass is 322 g/mol. The predicted octanol–water partition coefficient (Wildman–Crippen LogP) is 2.56. The van der Waals surface area contributed by atoms with Gasteiger partial charge in [-0.15, -0.1) is 0 Å². The van der Waals surface area contributed by atoms with Crippen LogP contribution in [0.15, 0.2) is 0 Å². The first-order valence-corrected chi connectivity index (χ1v) is 4.55. The van der Waals surface area contributed by atoms with Gasteiger partial charge in [-0.1, -0.05) is 4.39 Å². The fourth-order valence-electron chi connectivity index (χ4n) is 0.134. The van der Waals surface area contributed by atoms with E-state index in [2.05, 4.69) is 4.39 Å². The Hall–Kier alpha value is 0.790. The van der Waals surface area contributed by atoms with E-state index in [9.17, 15) is 21.9 Å². The molecule has 0 radical (unpaired) electrons. The highest BCUT2D eigenvalue weighted by Gasteiger charge is 2.58. The van der Waals surface area contributed by atoms with Gasteiger partial charge in [0.2, 0.25) is 11.1 Å². The van der Waals surface area contributed by atoms with Crippen molar-refractivity contribution < 1.29 is 26.3 Å². The second-order valence-corrected chi connectivity index (χ2v) is 5.08. The van der Waals surface area contributed by atoms with Crippen molar-refractivity contribution in [2.45, 2.75) is 8.74 Å². The molecule has 0 bridgehead atoms. The molecule has 0 saturated heterocycles. The van der Waals surface area contributed by atoms with E-state index in [-0.39, 0.29) is 0 Å². The van der Waals surface area contributed by atoms with Crippen molar-refractivity contribution in [2.75, 3.05) is 0 Å². The van der Waals surface area contributed by atoms with E-state index in [0.717, 1.165) is 0 Å². The first-order chi connectivity index (χ1) is 4.73. The molecule has 68 valence electrons. The minimum Gasteiger partial charge on any atom is -0.222 e. The molecule has 0 saturated carbocycles. The smallest absolute Gasteiger partial charge is 0.222 e. The zero-order valence-corrected chi connectivity index (χ0v) is 8.48. The number of hydrogen-bond acceptors (Lipinski definition) is 2. The summed E-state index contributed by atoms with van der Waals surface area (Å²) in [7, 11) is 0. The lowest BCUT2D eigenvalue weighted by Crippen LogP contribution is -2.37. The Kier molecular flexibility index (Phi) is 3.93. The summed E-state index contributed by atoms with van der Waals surface area (Å²) in [5, 5.41) is 0. The van der Waals surface area contributed by atoms with E-state index < -0.39 is 19.8 Å². The van der Waals surface area contributed by atoms with Gasteiger partial charge < -0.3 is 0 Å². The molecule has 0 aliphatic carbocycles. The van der Waals surface area contributed by atoms with Gasteiger partial charge in [0.1, 0.15) is 0 Å². The topological polar surface area (TPSA) is 26.3 Å². The second-order valence-electron chi connectivity index (χ2n) is 1.31. The second kappa shape index (κ2) is 3.67. The third-order valence-corrected chi connectivity index (χ3v) is 4.02. The van der Waals surface area contributed by atoms with Crippen molar-refractivity contribution in [3.63, 3.8) is 0 Å². The van der Waals surface area contributed by atoms with Gasteiger partial charge in [-0.25, -0.2) is 8.60 Å². The SMILES string of the molecule is O=S(OF)C(F)(Br)C(F)(F)Br. The molecule has 2 unspecified atom stereocenters. The van der Waals surface area contributed by atoms with Crippen molar-refractivity contribution in [3.05, 3.63) is 0 Å². The van der Waals surface area contributed by atoms with Crippen LogP contribution in [0.25, 0.3) is 0 Å². The quantitative estimate of drug-likeness (QED) is 0.589. The van der Waals surface area contributed by atoms with Crippen molar-refractivity contribution in [1.82, 2.24) is 0 Å². The number of hydrogen-bond donors (Lipinski definition) is 0. The summed E-state index contributed by atoms with van der Waals surface area (Å²) in [6.45, 7) is 0. The Labute approximate surface area is 78.1 Å². The average Bonchev–Trinajstić information content (AvgIpc) is 1.83. The van der Waals surface area contributed by atoms with Crippen LogP contribution in [0.1, 0.15) is 0 Å². The van der Waals surface area contributed by atoms with Gasteiger partial charge in [0.25, 0.3) is 0 Å².